The van der Waals surface area contributed by atoms with Crippen molar-refractivity contribution in [2.75, 3.05) is 19.7 Å². The molecular weight excluding hydrogens is 330 g/mol. The predicted octanol–water partition coefficient (Wildman–Crippen LogP) is 3.10. The van der Waals surface area contributed by atoms with Crippen LogP contribution in [0.15, 0.2) is 29.2 Å². The van der Waals surface area contributed by atoms with Crippen LogP contribution in [-0.2, 0) is 19.0 Å². The van der Waals surface area contributed by atoms with Crippen LogP contribution in [0.5, 0.6) is 0 Å². The van der Waals surface area contributed by atoms with Gasteiger partial charge in [0, 0.05) is 13.1 Å². The minimum Gasteiger partial charge on any atom is -0.449 e. The van der Waals surface area contributed by atoms with Gasteiger partial charge in [0.05, 0.1) is 17.6 Å². The molecule has 1 aliphatic rings. The van der Waals surface area contributed by atoms with Crippen molar-refractivity contribution < 1.29 is 22.1 Å². The number of hydrogen-bond acceptors (Lipinski definition) is 5. The van der Waals surface area contributed by atoms with Crippen LogP contribution in [0.3, 0.4) is 0 Å². The van der Waals surface area contributed by atoms with E-state index in [1.807, 2.05) is 13.8 Å². The average Bonchev–Trinajstić information content (AvgIpc) is 2.55. The number of unbranched alkanes of at least 4 members (excludes halogenated alkanes) is 1. The zero-order chi connectivity index (χ0) is 17.6. The summed E-state index contributed by atoms with van der Waals surface area (Å²) in [6.07, 6.45) is 2.04. The number of carbonyl (C=O) groups excluding carboxylic acids is 1. The second kappa shape index (κ2) is 8.48. The summed E-state index contributed by atoms with van der Waals surface area (Å²) < 4.78 is 35.0. The van der Waals surface area contributed by atoms with Crippen LogP contribution in [0.2, 0.25) is 0 Å². The fraction of sp³-hybridized carbons (Fsp3) is 0.588. The molecule has 0 bridgehead atoms. The van der Waals surface area contributed by atoms with Crippen molar-refractivity contribution in [3.05, 3.63) is 29.8 Å². The third kappa shape index (κ3) is 5.21. The smallest absolute Gasteiger partial charge is 0.409 e. The summed E-state index contributed by atoms with van der Waals surface area (Å²) in [7, 11) is -3.77. The molecule has 0 unspecified atom stereocenters. The van der Waals surface area contributed by atoms with Gasteiger partial charge in [-0.05, 0) is 38.3 Å². The van der Waals surface area contributed by atoms with Crippen molar-refractivity contribution in [2.24, 2.45) is 0 Å². The van der Waals surface area contributed by atoms with Crippen molar-refractivity contribution in [2.45, 2.75) is 50.5 Å². The molecule has 24 heavy (non-hydrogen) atoms. The minimum atomic E-state index is -3.77. The van der Waals surface area contributed by atoms with Crippen molar-refractivity contribution in [1.82, 2.24) is 4.90 Å². The Morgan fingerprint density at radius 2 is 1.83 bits per heavy atom. The molecule has 6 nitrogen and oxygen atoms in total. The minimum absolute atomic E-state index is 0.162. The molecule has 1 aliphatic heterocycles. The van der Waals surface area contributed by atoms with Crippen molar-refractivity contribution in [3.63, 3.8) is 0 Å². The normalized spacial score (nSPS) is 16.2. The van der Waals surface area contributed by atoms with Crippen LogP contribution in [0.4, 0.5) is 4.79 Å². The van der Waals surface area contributed by atoms with Crippen LogP contribution in [0, 0.1) is 6.92 Å². The molecule has 0 N–H and O–H groups in total. The van der Waals surface area contributed by atoms with Gasteiger partial charge in [0.15, 0.2) is 0 Å². The SMILES string of the molecule is CCCCOC(=O)N1CCC(OS(=O)(=O)c2ccc(C)cc2)CC1. The van der Waals surface area contributed by atoms with Crippen LogP contribution in [0.25, 0.3) is 0 Å². The van der Waals surface area contributed by atoms with E-state index >= 15 is 0 Å². The molecule has 1 amide bonds. The fourth-order valence-corrected chi connectivity index (χ4v) is 3.60. The molecule has 1 saturated heterocycles. The molecule has 7 heteroatoms. The third-order valence-electron chi connectivity index (χ3n) is 4.00. The number of rotatable bonds is 6. The van der Waals surface area contributed by atoms with Crippen LogP contribution in [-0.4, -0.2) is 45.2 Å². The van der Waals surface area contributed by atoms with E-state index in [2.05, 4.69) is 0 Å². The zero-order valence-electron chi connectivity index (χ0n) is 14.2. The summed E-state index contributed by atoms with van der Waals surface area (Å²) >= 11 is 0. The molecule has 1 aromatic carbocycles. The molecule has 0 saturated carbocycles. The lowest BCUT2D eigenvalue weighted by molar-refractivity contribution is 0.0691. The monoisotopic (exact) mass is 355 g/mol. The molecule has 0 aromatic heterocycles. The van der Waals surface area contributed by atoms with Crippen LogP contribution in [0.1, 0.15) is 38.2 Å². The molecule has 0 atom stereocenters. The summed E-state index contributed by atoms with van der Waals surface area (Å²) in [5.41, 5.74) is 0.990. The molecule has 0 aliphatic carbocycles. The average molecular weight is 355 g/mol. The van der Waals surface area contributed by atoms with Gasteiger partial charge in [-0.2, -0.15) is 8.42 Å². The standard InChI is InChI=1S/C17H25NO5S/c1-3-4-13-22-17(19)18-11-9-15(10-12-18)23-24(20,21)16-7-5-14(2)6-8-16/h5-8,15H,3-4,9-13H2,1-2H3. The van der Waals surface area contributed by atoms with E-state index in [9.17, 15) is 13.2 Å². The highest BCUT2D eigenvalue weighted by molar-refractivity contribution is 7.86. The van der Waals surface area contributed by atoms with Crippen molar-refractivity contribution >= 4 is 16.2 Å². The summed E-state index contributed by atoms with van der Waals surface area (Å²) in [4.78, 5) is 13.6. The highest BCUT2D eigenvalue weighted by Gasteiger charge is 2.28. The van der Waals surface area contributed by atoms with Gasteiger partial charge in [-0.15, -0.1) is 0 Å². The first-order chi connectivity index (χ1) is 11.4. The largest absolute Gasteiger partial charge is 0.449 e. The Balaban J connectivity index is 1.84. The zero-order valence-corrected chi connectivity index (χ0v) is 15.0. The van der Waals surface area contributed by atoms with Gasteiger partial charge in [0.2, 0.25) is 0 Å². The van der Waals surface area contributed by atoms with E-state index in [-0.39, 0.29) is 11.0 Å². The highest BCUT2D eigenvalue weighted by Crippen LogP contribution is 2.21. The molecule has 0 radical (unpaired) electrons. The Morgan fingerprint density at radius 3 is 2.42 bits per heavy atom. The maximum atomic E-state index is 12.3. The third-order valence-corrected chi connectivity index (χ3v) is 5.37. The molecule has 1 fully saturated rings. The van der Waals surface area contributed by atoms with Gasteiger partial charge < -0.3 is 9.64 Å². The van der Waals surface area contributed by atoms with Crippen LogP contribution < -0.4 is 0 Å². The molecule has 134 valence electrons. The maximum absolute atomic E-state index is 12.3. The number of aryl methyl sites for hydroxylation is 1. The van der Waals surface area contributed by atoms with E-state index in [4.69, 9.17) is 8.92 Å². The maximum Gasteiger partial charge on any atom is 0.409 e. The van der Waals surface area contributed by atoms with Gasteiger partial charge in [0.1, 0.15) is 0 Å². The molecule has 2 rings (SSSR count). The number of ether oxygens (including phenoxy) is 1. The Kier molecular flexibility index (Phi) is 6.62. The molecular formula is C17H25NO5S. The Hall–Kier alpha value is -1.60. The number of carbonyl (C=O) groups is 1. The Labute approximate surface area is 143 Å². The summed E-state index contributed by atoms with van der Waals surface area (Å²) in [6, 6.07) is 6.58. The highest BCUT2D eigenvalue weighted by atomic mass is 32.2. The summed E-state index contributed by atoms with van der Waals surface area (Å²) in [5.74, 6) is 0. The van der Waals surface area contributed by atoms with Gasteiger partial charge in [0.25, 0.3) is 10.1 Å². The van der Waals surface area contributed by atoms with Crippen molar-refractivity contribution in [1.29, 1.82) is 0 Å². The van der Waals surface area contributed by atoms with Crippen LogP contribution >= 0.6 is 0 Å². The lowest BCUT2D eigenvalue weighted by atomic mass is 10.1. The molecule has 1 heterocycles. The first-order valence-corrected chi connectivity index (χ1v) is 9.75. The molecule has 0 spiro atoms. The number of hydrogen-bond donors (Lipinski definition) is 0. The van der Waals surface area contributed by atoms with Gasteiger partial charge >= 0.3 is 6.09 Å². The predicted molar refractivity (Wildman–Crippen MR) is 90.3 cm³/mol. The van der Waals surface area contributed by atoms with E-state index in [1.165, 1.54) is 0 Å². The molecule has 1 aromatic rings. The fourth-order valence-electron chi connectivity index (χ4n) is 2.47. The first kappa shape index (κ1) is 18.7. The van der Waals surface area contributed by atoms with Crippen molar-refractivity contribution in [3.8, 4) is 0 Å². The Bertz CT molecular complexity index is 633. The van der Waals surface area contributed by atoms with E-state index in [1.54, 1.807) is 29.2 Å². The second-order valence-corrected chi connectivity index (χ2v) is 7.59. The van der Waals surface area contributed by atoms with E-state index in [0.717, 1.165) is 18.4 Å². The topological polar surface area (TPSA) is 72.9 Å². The summed E-state index contributed by atoms with van der Waals surface area (Å²) in [6.45, 7) is 5.24. The number of benzene rings is 1. The number of piperidine rings is 1. The van der Waals surface area contributed by atoms with Gasteiger partial charge in [-0.25, -0.2) is 4.79 Å². The van der Waals surface area contributed by atoms with Gasteiger partial charge in [-0.3, -0.25) is 4.18 Å². The van der Waals surface area contributed by atoms with E-state index < -0.39 is 16.2 Å². The lowest BCUT2D eigenvalue weighted by Crippen LogP contribution is -2.41. The number of nitrogens with zero attached hydrogens (tertiary/aromatic N) is 1. The first-order valence-electron chi connectivity index (χ1n) is 8.34. The quantitative estimate of drug-likeness (QED) is 0.579. The number of amides is 1. The lowest BCUT2D eigenvalue weighted by Gasteiger charge is -2.30. The number of likely N-dealkylation sites (tertiary alicyclic amines) is 1. The van der Waals surface area contributed by atoms with E-state index in [0.29, 0.717) is 32.5 Å². The Morgan fingerprint density at radius 1 is 1.21 bits per heavy atom. The van der Waals surface area contributed by atoms with Gasteiger partial charge in [-0.1, -0.05) is 31.0 Å². The summed E-state index contributed by atoms with van der Waals surface area (Å²) in [5, 5.41) is 0. The second-order valence-electron chi connectivity index (χ2n) is 6.02.